The summed E-state index contributed by atoms with van der Waals surface area (Å²) in [5.74, 6) is -0.391. The molecule has 1 aromatic rings. The van der Waals surface area contributed by atoms with Crippen LogP contribution in [0.2, 0.25) is 0 Å². The molecule has 14 heavy (non-hydrogen) atoms. The number of nitrogens with one attached hydrogen (secondary N) is 1. The molecule has 1 aromatic heterocycles. The average molecular weight is 192 g/mol. The first-order valence-corrected chi connectivity index (χ1v) is 3.91. The molecule has 0 fully saturated rings. The summed E-state index contributed by atoms with van der Waals surface area (Å²) in [4.78, 5) is 14.0. The second-order valence-corrected chi connectivity index (χ2v) is 2.74. The third-order valence-corrected chi connectivity index (χ3v) is 1.86. The second kappa shape index (κ2) is 3.75. The van der Waals surface area contributed by atoms with Crippen LogP contribution in [-0.2, 0) is 4.74 Å². The molecule has 0 unspecified atom stereocenters. The fourth-order valence-corrected chi connectivity index (χ4v) is 1.14. The fourth-order valence-electron chi connectivity index (χ4n) is 1.14. The highest BCUT2D eigenvalue weighted by Crippen LogP contribution is 2.15. The summed E-state index contributed by atoms with van der Waals surface area (Å²) in [6.07, 6.45) is 1.56. The van der Waals surface area contributed by atoms with Crippen molar-refractivity contribution in [2.45, 2.75) is 6.92 Å². The van der Waals surface area contributed by atoms with E-state index in [4.69, 9.17) is 11.0 Å². The molecular weight excluding hydrogens is 182 g/mol. The zero-order valence-corrected chi connectivity index (χ0v) is 7.92. The zero-order chi connectivity index (χ0) is 10.7. The third-order valence-electron chi connectivity index (χ3n) is 1.86. The van der Waals surface area contributed by atoms with Crippen molar-refractivity contribution in [1.29, 1.82) is 5.26 Å². The van der Waals surface area contributed by atoms with Gasteiger partial charge in [-0.15, -0.1) is 0 Å². The van der Waals surface area contributed by atoms with Gasteiger partial charge >= 0.3 is 5.97 Å². The number of methoxy groups -OCH3 is 1. The molecule has 5 heteroatoms. The van der Waals surface area contributed by atoms with Gasteiger partial charge in [-0.25, -0.2) is 9.78 Å². The first-order chi connectivity index (χ1) is 6.61. The van der Waals surface area contributed by atoms with Gasteiger partial charge in [-0.3, -0.25) is 5.73 Å². The van der Waals surface area contributed by atoms with Crippen LogP contribution in [0.15, 0.2) is 6.20 Å². The van der Waals surface area contributed by atoms with Gasteiger partial charge in [0.15, 0.2) is 5.56 Å². The molecular formula is C9H10N3O2+. The van der Waals surface area contributed by atoms with E-state index in [9.17, 15) is 4.79 Å². The molecule has 0 amide bonds. The number of nitrogens with two attached hydrogens (primary N) is 1. The number of carbonyl (C=O) groups is 1. The normalized spacial score (nSPS) is 9.21. The summed E-state index contributed by atoms with van der Waals surface area (Å²) < 4.78 is 4.56. The Morgan fingerprint density at radius 3 is 2.86 bits per heavy atom. The third kappa shape index (κ3) is 1.50. The maximum absolute atomic E-state index is 11.3. The van der Waals surface area contributed by atoms with Gasteiger partial charge in [-0.1, -0.05) is 0 Å². The van der Waals surface area contributed by atoms with Crippen LogP contribution >= 0.6 is 0 Å². The van der Waals surface area contributed by atoms with Gasteiger partial charge < -0.3 is 4.74 Å². The van der Waals surface area contributed by atoms with Gasteiger partial charge in [0.25, 0.3) is 5.82 Å². The highest BCUT2D eigenvalue weighted by atomic mass is 16.5. The van der Waals surface area contributed by atoms with Gasteiger partial charge in [0.2, 0.25) is 0 Å². The molecule has 0 radical (unpaired) electrons. The van der Waals surface area contributed by atoms with Crippen molar-refractivity contribution in [2.24, 2.45) is 0 Å². The Morgan fingerprint density at radius 1 is 1.71 bits per heavy atom. The standard InChI is InChI=1S/C9H9N3O2/c1-5-4-12-8(11)6(3-10)7(5)9(13)14-2/h4H,1-2H3,(H2,11,12)/p+1. The van der Waals surface area contributed by atoms with E-state index >= 15 is 0 Å². The largest absolute Gasteiger partial charge is 0.465 e. The number of ether oxygens (including phenoxy) is 1. The number of nitrogen functional groups attached to an aromatic ring is 1. The van der Waals surface area contributed by atoms with Crippen LogP contribution in [0.4, 0.5) is 5.82 Å². The molecule has 0 saturated heterocycles. The van der Waals surface area contributed by atoms with E-state index in [0.29, 0.717) is 5.56 Å². The molecule has 0 spiro atoms. The maximum Gasteiger partial charge on any atom is 0.339 e. The lowest BCUT2D eigenvalue weighted by molar-refractivity contribution is -0.361. The number of H-pyrrole nitrogens is 1. The minimum absolute atomic E-state index is 0.122. The topological polar surface area (TPSA) is 90.2 Å². The van der Waals surface area contributed by atoms with Crippen molar-refractivity contribution in [3.05, 3.63) is 22.9 Å². The van der Waals surface area contributed by atoms with E-state index in [1.165, 1.54) is 7.11 Å². The van der Waals surface area contributed by atoms with Crippen LogP contribution < -0.4 is 10.7 Å². The van der Waals surface area contributed by atoms with Crippen LogP contribution in [0.3, 0.4) is 0 Å². The van der Waals surface area contributed by atoms with Crippen molar-refractivity contribution >= 4 is 11.8 Å². The van der Waals surface area contributed by atoms with E-state index in [1.54, 1.807) is 13.1 Å². The van der Waals surface area contributed by atoms with Gasteiger partial charge in [-0.2, -0.15) is 5.26 Å². The van der Waals surface area contributed by atoms with Crippen molar-refractivity contribution < 1.29 is 14.5 Å². The second-order valence-electron chi connectivity index (χ2n) is 2.74. The number of pyridine rings is 1. The molecule has 0 bridgehead atoms. The lowest BCUT2D eigenvalue weighted by Crippen LogP contribution is -2.18. The minimum atomic E-state index is -0.556. The highest BCUT2D eigenvalue weighted by molar-refractivity contribution is 5.94. The molecule has 0 aromatic carbocycles. The Bertz CT molecular complexity index is 421. The summed E-state index contributed by atoms with van der Waals surface area (Å²) in [7, 11) is 1.26. The molecule has 0 aliphatic rings. The molecule has 0 atom stereocenters. The molecule has 0 saturated carbocycles. The summed E-state index contributed by atoms with van der Waals surface area (Å²) in [5, 5.41) is 8.81. The van der Waals surface area contributed by atoms with Gasteiger partial charge in [-0.05, 0) is 6.92 Å². The molecule has 5 nitrogen and oxygen atoms in total. The molecule has 1 heterocycles. The number of esters is 1. The predicted molar refractivity (Wildman–Crippen MR) is 48.2 cm³/mol. The maximum atomic E-state index is 11.3. The number of aromatic nitrogens is 1. The Balaban J connectivity index is 3.47. The quantitative estimate of drug-likeness (QED) is 0.636. The number of hydrogen-bond acceptors (Lipinski definition) is 4. The molecule has 0 aliphatic heterocycles. The Morgan fingerprint density at radius 2 is 2.36 bits per heavy atom. The Labute approximate surface area is 81.1 Å². The van der Waals surface area contributed by atoms with E-state index < -0.39 is 5.97 Å². The molecule has 3 N–H and O–H groups in total. The average Bonchev–Trinajstić information content (AvgIpc) is 2.19. The van der Waals surface area contributed by atoms with Gasteiger partial charge in [0.1, 0.15) is 6.07 Å². The van der Waals surface area contributed by atoms with Crippen LogP contribution in [0.5, 0.6) is 0 Å². The summed E-state index contributed by atoms with van der Waals surface area (Å²) >= 11 is 0. The van der Waals surface area contributed by atoms with Crippen LogP contribution in [0.25, 0.3) is 0 Å². The summed E-state index contributed by atoms with van der Waals surface area (Å²) in [5.41, 5.74) is 6.47. The zero-order valence-electron chi connectivity index (χ0n) is 7.92. The monoisotopic (exact) mass is 192 g/mol. The highest BCUT2D eigenvalue weighted by Gasteiger charge is 2.20. The SMILES string of the molecule is COC(=O)c1c(C)c[nH+]c(N)c1C#N. The van der Waals surface area contributed by atoms with Gasteiger partial charge in [0, 0.05) is 5.56 Å². The van der Waals surface area contributed by atoms with Crippen LogP contribution in [-0.4, -0.2) is 13.1 Å². The molecule has 1 rings (SSSR count). The number of aryl methyl sites for hydroxylation is 1. The number of nitrogens with zero attached hydrogens (tertiary/aromatic N) is 1. The number of hydrogen-bond donors (Lipinski definition) is 1. The van der Waals surface area contributed by atoms with E-state index in [2.05, 4.69) is 9.72 Å². The molecule has 0 aliphatic carbocycles. The Kier molecular flexibility index (Phi) is 2.67. The van der Waals surface area contributed by atoms with Crippen molar-refractivity contribution in [2.75, 3.05) is 12.8 Å². The Hall–Kier alpha value is -2.09. The number of rotatable bonds is 1. The number of carbonyl (C=O) groups excluding carboxylic acids is 1. The van der Waals surface area contributed by atoms with Crippen molar-refractivity contribution in [3.8, 4) is 6.07 Å². The van der Waals surface area contributed by atoms with Crippen LogP contribution in [0, 0.1) is 18.3 Å². The summed E-state index contributed by atoms with van der Waals surface area (Å²) in [6.45, 7) is 1.70. The van der Waals surface area contributed by atoms with E-state index in [-0.39, 0.29) is 16.9 Å². The lowest BCUT2D eigenvalue weighted by atomic mass is 10.1. The predicted octanol–water partition coefficient (Wildman–Crippen LogP) is 0.0496. The summed E-state index contributed by atoms with van der Waals surface area (Å²) in [6, 6.07) is 1.86. The van der Waals surface area contributed by atoms with E-state index in [1.807, 2.05) is 6.07 Å². The molecule has 72 valence electrons. The number of nitriles is 1. The van der Waals surface area contributed by atoms with Gasteiger partial charge in [0.05, 0.1) is 18.9 Å². The first-order valence-electron chi connectivity index (χ1n) is 3.91. The van der Waals surface area contributed by atoms with E-state index in [0.717, 1.165) is 0 Å². The first kappa shape index (κ1) is 9.99. The van der Waals surface area contributed by atoms with Crippen molar-refractivity contribution in [1.82, 2.24) is 0 Å². The number of anilines is 1. The van der Waals surface area contributed by atoms with Crippen molar-refractivity contribution in [3.63, 3.8) is 0 Å². The number of aromatic amines is 1. The minimum Gasteiger partial charge on any atom is -0.465 e. The lowest BCUT2D eigenvalue weighted by Gasteiger charge is -2.03. The smallest absolute Gasteiger partial charge is 0.339 e. The van der Waals surface area contributed by atoms with Crippen LogP contribution in [0.1, 0.15) is 21.5 Å². The fraction of sp³-hybridized carbons (Fsp3) is 0.222.